The van der Waals surface area contributed by atoms with Crippen LogP contribution in [0.3, 0.4) is 0 Å². The molecule has 0 atom stereocenters. The highest BCUT2D eigenvalue weighted by Crippen LogP contribution is 2.22. The summed E-state index contributed by atoms with van der Waals surface area (Å²) in [6.07, 6.45) is 38.1. The van der Waals surface area contributed by atoms with E-state index in [1.165, 1.54) is 154 Å². The first kappa shape index (κ1) is 56.4. The van der Waals surface area contributed by atoms with Crippen LogP contribution in [0.4, 0.5) is 0 Å². The Balaban J connectivity index is 4.50. The number of ether oxygens (including phenoxy) is 3. The Kier molecular flexibility index (Phi) is 39.6. The third kappa shape index (κ3) is 39.8. The van der Waals surface area contributed by atoms with Crippen LogP contribution in [0.2, 0.25) is 0 Å². The number of rotatable bonds is 44. The molecule has 0 bridgehead atoms. The van der Waals surface area contributed by atoms with E-state index < -0.39 is 36.4 Å². The molecule has 0 aromatic carbocycles. The van der Waals surface area contributed by atoms with Gasteiger partial charge in [0.15, 0.2) is 5.60 Å². The van der Waals surface area contributed by atoms with E-state index in [1.54, 1.807) is 0 Å². The normalized spacial score (nSPS) is 11.9. The minimum Gasteiger partial charge on any atom is -0.466 e. The third-order valence-electron chi connectivity index (χ3n) is 11.5. The number of aliphatic hydroxyl groups is 1. The zero-order chi connectivity index (χ0) is 43.0. The van der Waals surface area contributed by atoms with Crippen molar-refractivity contribution in [3.05, 3.63) is 0 Å². The summed E-state index contributed by atoms with van der Waals surface area (Å²) in [6, 6.07) is 0. The van der Waals surface area contributed by atoms with Crippen LogP contribution >= 0.6 is 0 Å². The number of esters is 3. The fraction of sp³-hybridized carbons (Fsp3) is 0.941. The van der Waals surface area contributed by atoms with Crippen LogP contribution in [0.25, 0.3) is 0 Å². The monoisotopic (exact) mass is 823 g/mol. The molecular formula is C51H98O7. The molecule has 0 spiro atoms. The van der Waals surface area contributed by atoms with Crippen molar-refractivity contribution in [1.29, 1.82) is 0 Å². The topological polar surface area (TPSA) is 99.1 Å². The summed E-state index contributed by atoms with van der Waals surface area (Å²) in [7, 11) is 0. The van der Waals surface area contributed by atoms with Gasteiger partial charge in [0, 0.05) is 0 Å². The van der Waals surface area contributed by atoms with Crippen LogP contribution in [0.5, 0.6) is 0 Å². The number of hydrogen-bond acceptors (Lipinski definition) is 7. The van der Waals surface area contributed by atoms with Crippen molar-refractivity contribution in [3.8, 4) is 0 Å². The van der Waals surface area contributed by atoms with Gasteiger partial charge in [-0.3, -0.25) is 9.59 Å². The van der Waals surface area contributed by atoms with Gasteiger partial charge in [0.05, 0.1) is 32.7 Å². The van der Waals surface area contributed by atoms with E-state index in [9.17, 15) is 19.5 Å². The van der Waals surface area contributed by atoms with E-state index in [-0.39, 0.29) is 19.8 Å². The standard InChI is InChI=1S/C51H98O7/c1-45(2)37-31-25-19-13-7-10-16-22-28-34-40-56-48(52)43-51(55,50(54)58-42-36-30-24-18-12-9-15-21-27-33-39-47(5)6)44-49(53)57-41-35-29-23-17-11-8-14-20-26-32-38-46(3)4/h45-47,55H,7-44H2,1-6H3. The third-order valence-corrected chi connectivity index (χ3v) is 11.5. The molecule has 0 aliphatic rings. The average molecular weight is 823 g/mol. The van der Waals surface area contributed by atoms with Gasteiger partial charge in [-0.1, -0.05) is 234 Å². The lowest BCUT2D eigenvalue weighted by atomic mass is 9.95. The minimum absolute atomic E-state index is 0.150. The average Bonchev–Trinajstić information content (AvgIpc) is 3.16. The van der Waals surface area contributed by atoms with Crippen LogP contribution in [0, 0.1) is 17.8 Å². The van der Waals surface area contributed by atoms with Crippen molar-refractivity contribution in [2.75, 3.05) is 19.8 Å². The second-order valence-corrected chi connectivity index (χ2v) is 19.1. The summed E-state index contributed by atoms with van der Waals surface area (Å²) < 4.78 is 16.3. The smallest absolute Gasteiger partial charge is 0.339 e. The zero-order valence-electron chi connectivity index (χ0n) is 39.5. The molecule has 0 aliphatic carbocycles. The Morgan fingerprint density at radius 3 is 0.793 bits per heavy atom. The minimum atomic E-state index is -2.30. The van der Waals surface area contributed by atoms with E-state index in [2.05, 4.69) is 41.5 Å². The number of carbonyl (C=O) groups excluding carboxylic acids is 3. The molecule has 0 saturated heterocycles. The first-order valence-corrected chi connectivity index (χ1v) is 25.2. The predicted octanol–water partition coefficient (Wildman–Crippen LogP) is 15.0. The summed E-state index contributed by atoms with van der Waals surface area (Å²) in [5.74, 6) is 0.0707. The number of unbranched alkanes of at least 4 members (excludes halogenated alkanes) is 27. The fourth-order valence-corrected chi connectivity index (χ4v) is 7.66. The largest absolute Gasteiger partial charge is 0.466 e. The van der Waals surface area contributed by atoms with E-state index in [0.717, 1.165) is 69.1 Å². The molecule has 0 heterocycles. The predicted molar refractivity (Wildman–Crippen MR) is 244 cm³/mol. The molecule has 0 aromatic heterocycles. The van der Waals surface area contributed by atoms with Crippen LogP contribution in [0.15, 0.2) is 0 Å². The van der Waals surface area contributed by atoms with Crippen molar-refractivity contribution < 1.29 is 33.7 Å². The second kappa shape index (κ2) is 40.8. The molecule has 7 nitrogen and oxygen atoms in total. The summed E-state index contributed by atoms with van der Waals surface area (Å²) >= 11 is 0. The lowest BCUT2D eigenvalue weighted by Crippen LogP contribution is -2.45. The van der Waals surface area contributed by atoms with E-state index in [4.69, 9.17) is 14.2 Å². The lowest BCUT2D eigenvalue weighted by Gasteiger charge is -2.24. The molecule has 1 N–H and O–H groups in total. The van der Waals surface area contributed by atoms with Crippen molar-refractivity contribution in [2.24, 2.45) is 17.8 Å². The molecule has 0 radical (unpaired) electrons. The van der Waals surface area contributed by atoms with E-state index in [1.807, 2.05) is 0 Å². The van der Waals surface area contributed by atoms with Gasteiger partial charge >= 0.3 is 17.9 Å². The molecule has 0 aliphatic heterocycles. The van der Waals surface area contributed by atoms with Crippen LogP contribution in [-0.4, -0.2) is 48.4 Å². The SMILES string of the molecule is CC(C)CCCCCCCCCCCCOC(=O)CC(O)(CC(=O)OCCCCCCCCCCCCC(C)C)C(=O)OCCCCCCCCCCCCC(C)C. The first-order valence-electron chi connectivity index (χ1n) is 25.2. The first-order chi connectivity index (χ1) is 28.0. The molecule has 344 valence electrons. The van der Waals surface area contributed by atoms with Crippen molar-refractivity contribution in [1.82, 2.24) is 0 Å². The van der Waals surface area contributed by atoms with Gasteiger partial charge in [-0.2, -0.15) is 0 Å². The molecule has 7 heteroatoms. The second-order valence-electron chi connectivity index (χ2n) is 19.1. The van der Waals surface area contributed by atoms with Gasteiger partial charge in [0.1, 0.15) is 0 Å². The van der Waals surface area contributed by atoms with Crippen LogP contribution in [-0.2, 0) is 28.6 Å². The highest BCUT2D eigenvalue weighted by Gasteiger charge is 2.43. The molecule has 0 aromatic rings. The molecule has 0 amide bonds. The molecule has 0 saturated carbocycles. The Labute approximate surface area is 360 Å². The molecule has 0 unspecified atom stereocenters. The maximum Gasteiger partial charge on any atom is 0.339 e. The van der Waals surface area contributed by atoms with Gasteiger partial charge in [0.25, 0.3) is 0 Å². The highest BCUT2D eigenvalue weighted by molar-refractivity contribution is 5.90. The van der Waals surface area contributed by atoms with Crippen LogP contribution < -0.4 is 0 Å². The lowest BCUT2D eigenvalue weighted by molar-refractivity contribution is -0.178. The maximum atomic E-state index is 13.2. The summed E-state index contributed by atoms with van der Waals surface area (Å²) in [5, 5.41) is 11.4. The van der Waals surface area contributed by atoms with Gasteiger partial charge in [-0.05, 0) is 37.0 Å². The van der Waals surface area contributed by atoms with Gasteiger partial charge in [-0.25, -0.2) is 4.79 Å². The van der Waals surface area contributed by atoms with E-state index in [0.29, 0.717) is 6.42 Å². The quantitative estimate of drug-likeness (QED) is 0.0371. The van der Waals surface area contributed by atoms with Crippen molar-refractivity contribution >= 4 is 17.9 Å². The number of carbonyl (C=O) groups is 3. The molecule has 0 rings (SSSR count). The van der Waals surface area contributed by atoms with E-state index >= 15 is 0 Å². The Hall–Kier alpha value is -1.63. The molecular weight excluding hydrogens is 725 g/mol. The van der Waals surface area contributed by atoms with Crippen molar-refractivity contribution in [2.45, 2.75) is 272 Å². The maximum absolute atomic E-state index is 13.2. The van der Waals surface area contributed by atoms with Crippen LogP contribution in [0.1, 0.15) is 266 Å². The van der Waals surface area contributed by atoms with Gasteiger partial charge in [0.2, 0.25) is 0 Å². The Morgan fingerprint density at radius 2 is 0.552 bits per heavy atom. The zero-order valence-corrected chi connectivity index (χ0v) is 39.5. The summed E-state index contributed by atoms with van der Waals surface area (Å²) in [6.45, 7) is 14.4. The highest BCUT2D eigenvalue weighted by atomic mass is 16.6. The summed E-state index contributed by atoms with van der Waals surface area (Å²) in [5.41, 5.74) is -2.30. The Bertz CT molecular complexity index is 882. The molecule has 58 heavy (non-hydrogen) atoms. The van der Waals surface area contributed by atoms with Gasteiger partial charge < -0.3 is 19.3 Å². The molecule has 0 fully saturated rings. The van der Waals surface area contributed by atoms with Gasteiger partial charge in [-0.15, -0.1) is 0 Å². The summed E-state index contributed by atoms with van der Waals surface area (Å²) in [4.78, 5) is 38.8. The Morgan fingerprint density at radius 1 is 0.345 bits per heavy atom. The number of hydrogen-bond donors (Lipinski definition) is 1. The van der Waals surface area contributed by atoms with Crippen molar-refractivity contribution in [3.63, 3.8) is 0 Å². The fourth-order valence-electron chi connectivity index (χ4n) is 7.66.